The zero-order valence-electron chi connectivity index (χ0n) is 15.3. The molecule has 0 spiro atoms. The van der Waals surface area contributed by atoms with Crippen molar-refractivity contribution in [3.63, 3.8) is 0 Å². The predicted molar refractivity (Wildman–Crippen MR) is 99.5 cm³/mol. The molecule has 12 heteroatoms. The third-order valence-electron chi connectivity index (χ3n) is 4.71. The van der Waals surface area contributed by atoms with Crippen molar-refractivity contribution in [3.8, 4) is 5.75 Å². The fourth-order valence-corrected chi connectivity index (χ4v) is 5.18. The third kappa shape index (κ3) is 4.53. The quantitative estimate of drug-likeness (QED) is 0.351. The zero-order chi connectivity index (χ0) is 20.9. The van der Waals surface area contributed by atoms with Gasteiger partial charge in [-0.2, -0.15) is 0 Å². The van der Waals surface area contributed by atoms with Crippen molar-refractivity contribution in [3.05, 3.63) is 35.5 Å². The number of aryl methyl sites for hydroxylation is 1. The van der Waals surface area contributed by atoms with E-state index in [0.29, 0.717) is 31.1 Å². The van der Waals surface area contributed by atoms with Crippen molar-refractivity contribution < 1.29 is 32.3 Å². The highest BCUT2D eigenvalue weighted by Crippen LogP contribution is 2.35. The Morgan fingerprint density at radius 3 is 2.52 bits per heavy atom. The molecule has 1 aromatic carbocycles. The van der Waals surface area contributed by atoms with E-state index < -0.39 is 20.5 Å². The molecule has 1 saturated heterocycles. The molecule has 0 aliphatic carbocycles. The fraction of sp³-hybridized carbons (Fsp3) is 0.471. The van der Waals surface area contributed by atoms with Gasteiger partial charge < -0.3 is 13.9 Å². The van der Waals surface area contributed by atoms with Crippen LogP contribution >= 0.6 is 11.6 Å². The molecule has 2 heterocycles. The summed E-state index contributed by atoms with van der Waals surface area (Å²) >= 11 is 5.55. The van der Waals surface area contributed by atoms with Gasteiger partial charge in [-0.05, 0) is 55.1 Å². The Bertz CT molecular complexity index is 940. The summed E-state index contributed by atoms with van der Waals surface area (Å²) in [7, 11) is -4.06. The summed E-state index contributed by atoms with van der Waals surface area (Å²) in [4.78, 5) is 12.2. The molecule has 1 aliphatic rings. The molecule has 1 amide bonds. The third-order valence-corrected chi connectivity index (χ3v) is 7.38. The maximum Gasteiger partial charge on any atom is 0.312 e. The molecule has 1 aromatic heterocycles. The highest BCUT2D eigenvalue weighted by molar-refractivity contribution is 7.93. The summed E-state index contributed by atoms with van der Waals surface area (Å²) in [5.41, 5.74) is 1.49. The summed E-state index contributed by atoms with van der Waals surface area (Å²) < 4.78 is 40.3. The number of nitrogens with one attached hydrogen (secondary N) is 1. The lowest BCUT2D eigenvalue weighted by atomic mass is 9.98. The van der Waals surface area contributed by atoms with Gasteiger partial charge in [0.1, 0.15) is 5.75 Å². The van der Waals surface area contributed by atoms with Crippen molar-refractivity contribution >= 4 is 27.3 Å². The first-order valence-corrected chi connectivity index (χ1v) is 10.7. The normalized spacial score (nSPS) is 16.3. The number of hydroxylamine groups is 1. The summed E-state index contributed by atoms with van der Waals surface area (Å²) in [6.45, 7) is 0.568. The average Bonchev–Trinajstić information content (AvgIpc) is 3.16. The predicted octanol–water partition coefficient (Wildman–Crippen LogP) is 1.56. The molecule has 1 aliphatic heterocycles. The van der Waals surface area contributed by atoms with Crippen LogP contribution < -0.4 is 10.2 Å². The second-order valence-electron chi connectivity index (χ2n) is 6.42. The Kier molecular flexibility index (Phi) is 6.73. The molecule has 3 rings (SSSR count). The molecule has 1 fully saturated rings. The van der Waals surface area contributed by atoms with Crippen molar-refractivity contribution in [2.75, 3.05) is 19.8 Å². The molecule has 158 valence electrons. The zero-order valence-corrected chi connectivity index (χ0v) is 16.9. The number of benzene rings is 1. The number of amides is 1. The molecule has 10 nitrogen and oxygen atoms in total. The number of aromatic nitrogens is 2. The molecule has 0 saturated carbocycles. The Hall–Kier alpha value is -2.21. The van der Waals surface area contributed by atoms with Crippen LogP contribution in [0.2, 0.25) is 5.35 Å². The van der Waals surface area contributed by atoms with E-state index in [0.717, 1.165) is 0 Å². The van der Waals surface area contributed by atoms with Gasteiger partial charge in [-0.3, -0.25) is 10.0 Å². The lowest BCUT2D eigenvalue weighted by Gasteiger charge is -2.34. The fourth-order valence-electron chi connectivity index (χ4n) is 3.11. The van der Waals surface area contributed by atoms with Crippen LogP contribution in [0.3, 0.4) is 0 Å². The molecular formula is C17H20ClN3O7S. The molecule has 29 heavy (non-hydrogen) atoms. The number of hydrogen-bond donors (Lipinski definition) is 2. The topological polar surface area (TPSA) is 141 Å². The second-order valence-corrected chi connectivity index (χ2v) is 9.01. The first kappa shape index (κ1) is 21.5. The number of hydrogen-bond acceptors (Lipinski definition) is 9. The van der Waals surface area contributed by atoms with E-state index in [-0.39, 0.29) is 36.3 Å². The Labute approximate surface area is 172 Å². The number of nitrogens with zero attached hydrogens (tertiary/aromatic N) is 2. The highest BCUT2D eigenvalue weighted by Gasteiger charge is 2.52. The Morgan fingerprint density at radius 2 is 1.93 bits per heavy atom. The minimum absolute atomic E-state index is 0.0186. The number of rotatable bonds is 8. The first-order chi connectivity index (χ1) is 13.9. The van der Waals surface area contributed by atoms with Crippen molar-refractivity contribution in [2.24, 2.45) is 0 Å². The van der Waals surface area contributed by atoms with Crippen molar-refractivity contribution in [1.29, 1.82) is 0 Å². The number of halogens is 1. The van der Waals surface area contributed by atoms with Crippen LogP contribution in [0.5, 0.6) is 5.75 Å². The van der Waals surface area contributed by atoms with E-state index in [9.17, 15) is 13.2 Å². The molecule has 2 N–H and O–H groups in total. The maximum atomic E-state index is 13.1. The summed E-state index contributed by atoms with van der Waals surface area (Å²) in [5, 5.41) is 16.3. The number of carbonyl (C=O) groups is 1. The van der Waals surface area contributed by atoms with Gasteiger partial charge in [-0.1, -0.05) is 5.10 Å². The standard InChI is InChI=1S/C17H20ClN3O7S/c18-16-20-19-14(28-16)2-1-9-27-12-3-5-13(6-4-12)29(24,25)17(15(22)21-23)7-10-26-11-8-17/h3-6,23H,1-2,7-11H2,(H,21,22). The van der Waals surface area contributed by atoms with Gasteiger partial charge in [0.2, 0.25) is 5.89 Å². The largest absolute Gasteiger partial charge is 0.494 e. The summed E-state index contributed by atoms with van der Waals surface area (Å²) in [6, 6.07) is 5.79. The molecular weight excluding hydrogens is 426 g/mol. The summed E-state index contributed by atoms with van der Waals surface area (Å²) in [5.74, 6) is -0.0774. The number of ether oxygens (including phenoxy) is 2. The van der Waals surface area contributed by atoms with Gasteiger partial charge in [0, 0.05) is 19.6 Å². The van der Waals surface area contributed by atoms with Gasteiger partial charge in [0.05, 0.1) is 11.5 Å². The Balaban J connectivity index is 1.65. The van der Waals surface area contributed by atoms with Crippen molar-refractivity contribution in [1.82, 2.24) is 15.7 Å². The van der Waals surface area contributed by atoms with Gasteiger partial charge >= 0.3 is 5.35 Å². The number of carbonyl (C=O) groups excluding carboxylic acids is 1. The van der Waals surface area contributed by atoms with Crippen LogP contribution in [0.25, 0.3) is 0 Å². The average molecular weight is 446 g/mol. The number of sulfone groups is 1. The van der Waals surface area contributed by atoms with Crippen molar-refractivity contribution in [2.45, 2.75) is 35.3 Å². The minimum atomic E-state index is -4.06. The molecule has 0 radical (unpaired) electrons. The van der Waals surface area contributed by atoms with E-state index in [2.05, 4.69) is 10.2 Å². The van der Waals surface area contributed by atoms with Crippen LogP contribution in [0.4, 0.5) is 0 Å². The first-order valence-electron chi connectivity index (χ1n) is 8.87. The van der Waals surface area contributed by atoms with E-state index in [1.54, 1.807) is 0 Å². The maximum absolute atomic E-state index is 13.1. The molecule has 0 unspecified atom stereocenters. The van der Waals surface area contributed by atoms with Crippen LogP contribution in [0, 0.1) is 0 Å². The van der Waals surface area contributed by atoms with Crippen LogP contribution in [0.1, 0.15) is 25.2 Å². The van der Waals surface area contributed by atoms with Gasteiger partial charge in [-0.25, -0.2) is 13.9 Å². The molecule has 2 aromatic rings. The molecule has 0 bridgehead atoms. The lowest BCUT2D eigenvalue weighted by Crippen LogP contribution is -2.54. The lowest BCUT2D eigenvalue weighted by molar-refractivity contribution is -0.134. The van der Waals surface area contributed by atoms with Crippen LogP contribution in [-0.2, 0) is 25.8 Å². The van der Waals surface area contributed by atoms with Gasteiger partial charge in [-0.15, -0.1) is 5.10 Å². The van der Waals surface area contributed by atoms with E-state index in [1.807, 2.05) is 0 Å². The summed E-state index contributed by atoms with van der Waals surface area (Å²) in [6.07, 6.45) is 1.00. The second kappa shape index (κ2) is 9.08. The van der Waals surface area contributed by atoms with Crippen LogP contribution in [-0.4, -0.2) is 54.3 Å². The minimum Gasteiger partial charge on any atom is -0.494 e. The highest BCUT2D eigenvalue weighted by atomic mass is 35.5. The molecule has 0 atom stereocenters. The SMILES string of the molecule is O=C(NO)C1(S(=O)(=O)c2ccc(OCCCc3nnc(Cl)o3)cc2)CCOCC1. The smallest absolute Gasteiger partial charge is 0.312 e. The van der Waals surface area contributed by atoms with Gasteiger partial charge in [0.25, 0.3) is 5.91 Å². The van der Waals surface area contributed by atoms with Gasteiger partial charge in [0.15, 0.2) is 14.6 Å². The van der Waals surface area contributed by atoms with Crippen LogP contribution in [0.15, 0.2) is 33.6 Å². The van der Waals surface area contributed by atoms with E-state index in [4.69, 9.17) is 30.7 Å². The monoisotopic (exact) mass is 445 g/mol. The van der Waals surface area contributed by atoms with E-state index >= 15 is 0 Å². The van der Waals surface area contributed by atoms with E-state index in [1.165, 1.54) is 29.7 Å². The Morgan fingerprint density at radius 1 is 1.24 bits per heavy atom.